The van der Waals surface area contributed by atoms with Crippen molar-refractivity contribution in [3.8, 4) is 5.75 Å². The smallest absolute Gasteiger partial charge is 0.261 e. The quantitative estimate of drug-likeness (QED) is 0.796. The Morgan fingerprint density at radius 3 is 2.43 bits per heavy atom. The predicted octanol–water partition coefficient (Wildman–Crippen LogP) is 3.86. The third kappa shape index (κ3) is 4.14. The van der Waals surface area contributed by atoms with Gasteiger partial charge < -0.3 is 9.64 Å². The minimum Gasteiger partial charge on any atom is -0.496 e. The lowest BCUT2D eigenvalue weighted by Gasteiger charge is -2.19. The van der Waals surface area contributed by atoms with Crippen LogP contribution >= 0.6 is 0 Å². The van der Waals surface area contributed by atoms with Gasteiger partial charge in [0.2, 0.25) is 0 Å². The van der Waals surface area contributed by atoms with Crippen molar-refractivity contribution in [2.24, 2.45) is 0 Å². The van der Waals surface area contributed by atoms with Crippen molar-refractivity contribution < 1.29 is 17.9 Å². The van der Waals surface area contributed by atoms with Gasteiger partial charge in [0.15, 0.2) is 0 Å². The number of likely N-dealkylation sites (tertiary alicyclic amines) is 1. The van der Waals surface area contributed by atoms with Crippen molar-refractivity contribution >= 4 is 21.6 Å². The molecule has 0 radical (unpaired) electrons. The molecule has 2 aromatic rings. The first-order valence-corrected chi connectivity index (χ1v) is 10.9. The molecule has 6 nitrogen and oxygen atoms in total. The van der Waals surface area contributed by atoms with E-state index in [1.54, 1.807) is 17.0 Å². The van der Waals surface area contributed by atoms with Gasteiger partial charge >= 0.3 is 0 Å². The number of methoxy groups -OCH3 is 1. The molecule has 1 saturated heterocycles. The van der Waals surface area contributed by atoms with Crippen LogP contribution in [0.3, 0.4) is 0 Å². The second-order valence-corrected chi connectivity index (χ2v) is 8.89. The Balaban J connectivity index is 1.96. The zero-order chi connectivity index (χ0) is 20.3. The molecule has 1 aliphatic rings. The van der Waals surface area contributed by atoms with Gasteiger partial charge in [0.1, 0.15) is 5.75 Å². The number of anilines is 1. The highest BCUT2D eigenvalue weighted by Gasteiger charge is 2.25. The van der Waals surface area contributed by atoms with Gasteiger partial charge in [-0.25, -0.2) is 8.42 Å². The second-order valence-electron chi connectivity index (χ2n) is 7.21. The van der Waals surface area contributed by atoms with Crippen LogP contribution in [0.15, 0.2) is 47.4 Å². The highest BCUT2D eigenvalue weighted by atomic mass is 32.2. The number of benzene rings is 2. The van der Waals surface area contributed by atoms with E-state index in [-0.39, 0.29) is 22.3 Å². The maximum atomic E-state index is 13.0. The lowest BCUT2D eigenvalue weighted by molar-refractivity contribution is 0.0789. The summed E-state index contributed by atoms with van der Waals surface area (Å²) in [6, 6.07) is 11.7. The van der Waals surface area contributed by atoms with Crippen molar-refractivity contribution in [3.63, 3.8) is 0 Å². The monoisotopic (exact) mass is 402 g/mol. The highest BCUT2D eigenvalue weighted by Crippen LogP contribution is 2.29. The number of sulfonamides is 1. The van der Waals surface area contributed by atoms with E-state index in [1.165, 1.54) is 25.3 Å². The standard InChI is InChI=1S/C21H26N2O4S/c1-15(2)17-8-4-5-9-19(17)22-28(25,26)16-10-11-20(27-3)18(14-16)21(24)23-12-6-7-13-23/h4-5,8-11,14-15,22H,6-7,12-13H2,1-3H3. The Hall–Kier alpha value is -2.54. The van der Waals surface area contributed by atoms with Gasteiger partial charge in [0, 0.05) is 13.1 Å². The molecule has 0 aliphatic carbocycles. The number of amides is 1. The van der Waals surface area contributed by atoms with Gasteiger partial charge in [-0.1, -0.05) is 32.0 Å². The summed E-state index contributed by atoms with van der Waals surface area (Å²) < 4.78 is 34.0. The summed E-state index contributed by atoms with van der Waals surface area (Å²) in [7, 11) is -2.38. The molecule has 7 heteroatoms. The minimum absolute atomic E-state index is 0.0365. The zero-order valence-corrected chi connectivity index (χ0v) is 17.3. The fourth-order valence-corrected chi connectivity index (χ4v) is 4.52. The SMILES string of the molecule is COc1ccc(S(=O)(=O)Nc2ccccc2C(C)C)cc1C(=O)N1CCCC1. The van der Waals surface area contributed by atoms with Gasteiger partial charge in [0.25, 0.3) is 15.9 Å². The Morgan fingerprint density at radius 1 is 1.11 bits per heavy atom. The molecule has 0 aromatic heterocycles. The molecule has 3 rings (SSSR count). The van der Waals surface area contributed by atoms with Crippen molar-refractivity contribution in [1.82, 2.24) is 4.90 Å². The molecular formula is C21H26N2O4S. The van der Waals surface area contributed by atoms with E-state index in [9.17, 15) is 13.2 Å². The normalized spacial score (nSPS) is 14.4. The van der Waals surface area contributed by atoms with Gasteiger partial charge in [0.05, 0.1) is 23.3 Å². The van der Waals surface area contributed by atoms with Crippen LogP contribution in [-0.4, -0.2) is 39.4 Å². The summed E-state index contributed by atoms with van der Waals surface area (Å²) in [5.41, 5.74) is 1.72. The van der Waals surface area contributed by atoms with Crippen LogP contribution in [0.2, 0.25) is 0 Å². The number of nitrogens with zero attached hydrogens (tertiary/aromatic N) is 1. The van der Waals surface area contributed by atoms with Crippen LogP contribution in [0.1, 0.15) is 48.5 Å². The summed E-state index contributed by atoms with van der Waals surface area (Å²) in [5, 5.41) is 0. The lowest BCUT2D eigenvalue weighted by Crippen LogP contribution is -2.28. The summed E-state index contributed by atoms with van der Waals surface area (Å²) >= 11 is 0. The average molecular weight is 403 g/mol. The van der Waals surface area contributed by atoms with Crippen LogP contribution in [-0.2, 0) is 10.0 Å². The number of para-hydroxylation sites is 1. The maximum Gasteiger partial charge on any atom is 0.261 e. The minimum atomic E-state index is -3.85. The fraction of sp³-hybridized carbons (Fsp3) is 0.381. The van der Waals surface area contributed by atoms with Crippen LogP contribution in [0.25, 0.3) is 0 Å². The van der Waals surface area contributed by atoms with E-state index < -0.39 is 10.0 Å². The predicted molar refractivity (Wildman–Crippen MR) is 109 cm³/mol. The molecule has 0 atom stereocenters. The van der Waals surface area contributed by atoms with Crippen LogP contribution in [0, 0.1) is 0 Å². The first-order valence-electron chi connectivity index (χ1n) is 9.42. The molecule has 2 aromatic carbocycles. The first-order chi connectivity index (χ1) is 13.3. The molecule has 1 amide bonds. The molecule has 0 bridgehead atoms. The van der Waals surface area contributed by atoms with Crippen molar-refractivity contribution in [2.75, 3.05) is 24.9 Å². The Kier molecular flexibility index (Phi) is 5.93. The third-order valence-corrected chi connectivity index (χ3v) is 6.30. The molecule has 0 unspecified atom stereocenters. The molecule has 0 spiro atoms. The number of rotatable bonds is 6. The molecular weight excluding hydrogens is 376 g/mol. The molecule has 150 valence electrons. The second kappa shape index (κ2) is 8.22. The topological polar surface area (TPSA) is 75.7 Å². The summed E-state index contributed by atoms with van der Waals surface area (Å²) in [6.45, 7) is 5.37. The first kappa shape index (κ1) is 20.2. The maximum absolute atomic E-state index is 13.0. The van der Waals surface area contributed by atoms with E-state index in [0.717, 1.165) is 18.4 Å². The third-order valence-electron chi connectivity index (χ3n) is 4.93. The summed E-state index contributed by atoms with van der Waals surface area (Å²) in [6.07, 6.45) is 1.92. The van der Waals surface area contributed by atoms with E-state index in [1.807, 2.05) is 26.0 Å². The number of carbonyl (C=O) groups excluding carboxylic acids is 1. The van der Waals surface area contributed by atoms with Crippen molar-refractivity contribution in [2.45, 2.75) is 37.5 Å². The lowest BCUT2D eigenvalue weighted by atomic mass is 10.0. The van der Waals surface area contributed by atoms with Gasteiger partial charge in [-0.05, 0) is 48.6 Å². The number of carbonyl (C=O) groups is 1. The van der Waals surface area contributed by atoms with Crippen LogP contribution in [0.4, 0.5) is 5.69 Å². The molecule has 1 heterocycles. The van der Waals surface area contributed by atoms with Crippen molar-refractivity contribution in [1.29, 1.82) is 0 Å². The largest absolute Gasteiger partial charge is 0.496 e. The fourth-order valence-electron chi connectivity index (χ4n) is 3.41. The van der Waals surface area contributed by atoms with Crippen LogP contribution < -0.4 is 9.46 Å². The number of nitrogens with one attached hydrogen (secondary N) is 1. The highest BCUT2D eigenvalue weighted by molar-refractivity contribution is 7.92. The van der Waals surface area contributed by atoms with E-state index in [0.29, 0.717) is 24.5 Å². The zero-order valence-electron chi connectivity index (χ0n) is 16.4. The number of hydrogen-bond acceptors (Lipinski definition) is 4. The van der Waals surface area contributed by atoms with E-state index in [2.05, 4.69) is 4.72 Å². The Morgan fingerprint density at radius 2 is 1.79 bits per heavy atom. The Bertz CT molecular complexity index is 964. The summed E-state index contributed by atoms with van der Waals surface area (Å²) in [5.74, 6) is 0.342. The molecule has 28 heavy (non-hydrogen) atoms. The van der Waals surface area contributed by atoms with Crippen molar-refractivity contribution in [3.05, 3.63) is 53.6 Å². The molecule has 0 saturated carbocycles. The van der Waals surface area contributed by atoms with E-state index >= 15 is 0 Å². The van der Waals surface area contributed by atoms with E-state index in [4.69, 9.17) is 4.74 Å². The van der Waals surface area contributed by atoms with Gasteiger partial charge in [-0.3, -0.25) is 9.52 Å². The number of hydrogen-bond donors (Lipinski definition) is 1. The molecule has 1 N–H and O–H groups in total. The molecule has 1 fully saturated rings. The Labute approximate surface area is 166 Å². The molecule has 1 aliphatic heterocycles. The number of ether oxygens (including phenoxy) is 1. The average Bonchev–Trinajstić information content (AvgIpc) is 3.21. The van der Waals surface area contributed by atoms with Gasteiger partial charge in [-0.2, -0.15) is 0 Å². The summed E-state index contributed by atoms with van der Waals surface area (Å²) in [4.78, 5) is 14.6. The van der Waals surface area contributed by atoms with Gasteiger partial charge in [-0.15, -0.1) is 0 Å². The van der Waals surface area contributed by atoms with Crippen LogP contribution in [0.5, 0.6) is 5.75 Å².